The van der Waals surface area contributed by atoms with Crippen molar-refractivity contribution in [3.63, 3.8) is 0 Å². The lowest BCUT2D eigenvalue weighted by Crippen LogP contribution is -2.15. The van der Waals surface area contributed by atoms with Gasteiger partial charge in [0, 0.05) is 6.20 Å². The smallest absolute Gasteiger partial charge is 0.451 e. The largest absolute Gasteiger partial charge is 0.474 e. The maximum atomic E-state index is 12.3. The van der Waals surface area contributed by atoms with Gasteiger partial charge in [-0.3, -0.25) is 4.79 Å². The van der Waals surface area contributed by atoms with Crippen LogP contribution in [0, 0.1) is 0 Å². The maximum absolute atomic E-state index is 12.3. The van der Waals surface area contributed by atoms with Crippen LogP contribution in [0.2, 0.25) is 0 Å². The second kappa shape index (κ2) is 4.46. The lowest BCUT2D eigenvalue weighted by atomic mass is 10.3. The third-order valence-corrected chi connectivity index (χ3v) is 1.51. The van der Waals surface area contributed by atoms with Crippen LogP contribution < -0.4 is 4.74 Å². The van der Waals surface area contributed by atoms with Crippen LogP contribution in [-0.2, 0) is 6.18 Å². The van der Waals surface area contributed by atoms with Gasteiger partial charge in [0.05, 0.1) is 11.7 Å². The molecule has 0 saturated carbocycles. The number of hydrogen-bond acceptors (Lipinski definition) is 4. The van der Waals surface area contributed by atoms with Crippen molar-refractivity contribution in [1.82, 2.24) is 9.97 Å². The van der Waals surface area contributed by atoms with E-state index in [1.54, 1.807) is 13.8 Å². The molecule has 0 N–H and O–H groups in total. The van der Waals surface area contributed by atoms with E-state index in [0.717, 1.165) is 6.20 Å². The summed E-state index contributed by atoms with van der Waals surface area (Å²) in [6.45, 7) is 3.23. The van der Waals surface area contributed by atoms with Crippen LogP contribution in [0.25, 0.3) is 0 Å². The molecule has 1 rings (SSSR count). The monoisotopic (exact) mass is 234 g/mol. The van der Waals surface area contributed by atoms with Gasteiger partial charge in [-0.2, -0.15) is 18.2 Å². The Morgan fingerprint density at radius 1 is 1.44 bits per heavy atom. The zero-order valence-corrected chi connectivity index (χ0v) is 8.58. The first kappa shape index (κ1) is 12.4. The molecule has 0 amide bonds. The lowest BCUT2D eigenvalue weighted by Gasteiger charge is -2.12. The van der Waals surface area contributed by atoms with E-state index in [9.17, 15) is 18.0 Å². The summed E-state index contributed by atoms with van der Waals surface area (Å²) >= 11 is 0. The molecule has 0 fully saturated rings. The Morgan fingerprint density at radius 3 is 2.50 bits per heavy atom. The number of nitrogens with zero attached hydrogens (tertiary/aromatic N) is 2. The first-order valence-electron chi connectivity index (χ1n) is 4.40. The Bertz CT molecular complexity index is 391. The van der Waals surface area contributed by atoms with Gasteiger partial charge in [-0.1, -0.05) is 0 Å². The van der Waals surface area contributed by atoms with E-state index in [1.165, 1.54) is 0 Å². The molecule has 7 heteroatoms. The summed E-state index contributed by atoms with van der Waals surface area (Å²) in [6.07, 6.45) is -3.90. The quantitative estimate of drug-likeness (QED) is 0.751. The Kier molecular flexibility index (Phi) is 3.46. The number of aldehydes is 1. The van der Waals surface area contributed by atoms with Crippen molar-refractivity contribution in [1.29, 1.82) is 0 Å². The number of halogens is 3. The maximum Gasteiger partial charge on any atom is 0.451 e. The fourth-order valence-corrected chi connectivity index (χ4v) is 0.911. The predicted octanol–water partition coefficient (Wildman–Crippen LogP) is 2.10. The van der Waals surface area contributed by atoms with E-state index in [-0.39, 0.29) is 17.5 Å². The molecule has 1 aromatic heterocycles. The average molecular weight is 234 g/mol. The van der Waals surface area contributed by atoms with Crippen molar-refractivity contribution in [3.05, 3.63) is 17.6 Å². The first-order valence-corrected chi connectivity index (χ1v) is 4.40. The van der Waals surface area contributed by atoms with Crippen LogP contribution in [0.1, 0.15) is 30.0 Å². The van der Waals surface area contributed by atoms with Crippen molar-refractivity contribution < 1.29 is 22.7 Å². The SMILES string of the molecule is CC(C)Oc1nc(C(F)(F)F)ncc1C=O. The zero-order chi connectivity index (χ0) is 12.3. The fraction of sp³-hybridized carbons (Fsp3) is 0.444. The van der Waals surface area contributed by atoms with Crippen molar-refractivity contribution >= 4 is 6.29 Å². The molecule has 1 aromatic rings. The van der Waals surface area contributed by atoms with Crippen LogP contribution in [0.3, 0.4) is 0 Å². The molecule has 16 heavy (non-hydrogen) atoms. The standard InChI is InChI=1S/C9H9F3N2O2/c1-5(2)16-7-6(4-15)3-13-8(14-7)9(10,11)12/h3-5H,1-2H3. The van der Waals surface area contributed by atoms with Gasteiger partial charge in [0.15, 0.2) is 6.29 Å². The summed E-state index contributed by atoms with van der Waals surface area (Å²) in [5.41, 5.74) is -0.110. The second-order valence-electron chi connectivity index (χ2n) is 3.24. The van der Waals surface area contributed by atoms with Gasteiger partial charge in [-0.15, -0.1) is 0 Å². The van der Waals surface area contributed by atoms with Crippen molar-refractivity contribution in [2.45, 2.75) is 26.1 Å². The molecule has 0 radical (unpaired) electrons. The highest BCUT2D eigenvalue weighted by Gasteiger charge is 2.35. The highest BCUT2D eigenvalue weighted by atomic mass is 19.4. The summed E-state index contributed by atoms with van der Waals surface area (Å²) in [6, 6.07) is 0. The number of alkyl halides is 3. The van der Waals surface area contributed by atoms with Crippen LogP contribution in [-0.4, -0.2) is 22.4 Å². The van der Waals surface area contributed by atoms with Crippen molar-refractivity contribution in [2.75, 3.05) is 0 Å². The molecule has 1 heterocycles. The minimum absolute atomic E-state index is 0.110. The Hall–Kier alpha value is -1.66. The molecule has 0 aliphatic heterocycles. The minimum atomic E-state index is -4.66. The number of ether oxygens (including phenoxy) is 1. The molecule has 0 aliphatic rings. The molecular formula is C9H9F3N2O2. The molecule has 0 unspecified atom stereocenters. The van der Waals surface area contributed by atoms with Crippen LogP contribution in [0.4, 0.5) is 13.2 Å². The van der Waals surface area contributed by atoms with E-state index >= 15 is 0 Å². The minimum Gasteiger partial charge on any atom is -0.474 e. The third-order valence-electron chi connectivity index (χ3n) is 1.51. The van der Waals surface area contributed by atoms with Crippen LogP contribution >= 0.6 is 0 Å². The Balaban J connectivity index is 3.16. The number of carbonyl (C=O) groups is 1. The lowest BCUT2D eigenvalue weighted by molar-refractivity contribution is -0.145. The van der Waals surface area contributed by atoms with E-state index < -0.39 is 12.0 Å². The van der Waals surface area contributed by atoms with Crippen LogP contribution in [0.15, 0.2) is 6.20 Å². The molecule has 88 valence electrons. The summed E-state index contributed by atoms with van der Waals surface area (Å²) in [7, 11) is 0. The van der Waals surface area contributed by atoms with Gasteiger partial charge in [-0.05, 0) is 13.8 Å². The average Bonchev–Trinajstić information content (AvgIpc) is 2.15. The molecule has 0 aromatic carbocycles. The van der Waals surface area contributed by atoms with Gasteiger partial charge in [0.25, 0.3) is 0 Å². The molecule has 0 saturated heterocycles. The zero-order valence-electron chi connectivity index (χ0n) is 8.58. The molecule has 0 atom stereocenters. The van der Waals surface area contributed by atoms with Gasteiger partial charge in [0.2, 0.25) is 11.7 Å². The first-order chi connectivity index (χ1) is 7.34. The van der Waals surface area contributed by atoms with E-state index in [4.69, 9.17) is 4.74 Å². The van der Waals surface area contributed by atoms with E-state index in [2.05, 4.69) is 9.97 Å². The predicted molar refractivity (Wildman–Crippen MR) is 48.2 cm³/mol. The number of rotatable bonds is 3. The summed E-state index contributed by atoms with van der Waals surface area (Å²) in [5, 5.41) is 0. The topological polar surface area (TPSA) is 52.1 Å². The second-order valence-corrected chi connectivity index (χ2v) is 3.24. The third kappa shape index (κ3) is 2.91. The molecular weight excluding hydrogens is 225 g/mol. The fourth-order valence-electron chi connectivity index (χ4n) is 0.911. The Labute approximate surface area is 89.5 Å². The van der Waals surface area contributed by atoms with E-state index in [0.29, 0.717) is 6.29 Å². The molecule has 0 aliphatic carbocycles. The highest BCUT2D eigenvalue weighted by molar-refractivity contribution is 5.77. The van der Waals surface area contributed by atoms with E-state index in [1.807, 2.05) is 0 Å². The van der Waals surface area contributed by atoms with Gasteiger partial charge < -0.3 is 4.74 Å². The molecule has 4 nitrogen and oxygen atoms in total. The number of carbonyl (C=O) groups excluding carboxylic acids is 1. The number of aromatic nitrogens is 2. The summed E-state index contributed by atoms with van der Waals surface area (Å²) in [4.78, 5) is 16.7. The highest BCUT2D eigenvalue weighted by Crippen LogP contribution is 2.28. The Morgan fingerprint density at radius 2 is 2.06 bits per heavy atom. The van der Waals surface area contributed by atoms with Gasteiger partial charge in [-0.25, -0.2) is 4.98 Å². The molecule has 0 bridgehead atoms. The normalized spacial score (nSPS) is 11.6. The summed E-state index contributed by atoms with van der Waals surface area (Å²) in [5.74, 6) is -1.68. The van der Waals surface area contributed by atoms with Gasteiger partial charge in [0.1, 0.15) is 0 Å². The molecule has 0 spiro atoms. The van der Waals surface area contributed by atoms with Crippen molar-refractivity contribution in [2.24, 2.45) is 0 Å². The number of hydrogen-bond donors (Lipinski definition) is 0. The van der Waals surface area contributed by atoms with Crippen molar-refractivity contribution in [3.8, 4) is 5.88 Å². The summed E-state index contributed by atoms with van der Waals surface area (Å²) < 4.78 is 41.8. The van der Waals surface area contributed by atoms with Crippen LogP contribution in [0.5, 0.6) is 5.88 Å². The van der Waals surface area contributed by atoms with Gasteiger partial charge >= 0.3 is 6.18 Å².